The average Bonchev–Trinajstić information content (AvgIpc) is 3.54. The van der Waals surface area contributed by atoms with Crippen LogP contribution in [0.5, 0.6) is 0 Å². The van der Waals surface area contributed by atoms with Crippen molar-refractivity contribution in [3.8, 4) is 0 Å². The number of piperidine rings is 2. The molecule has 0 aromatic carbocycles. The number of halogens is 2. The number of amides is 1. The van der Waals surface area contributed by atoms with E-state index in [1.807, 2.05) is 24.4 Å². The van der Waals surface area contributed by atoms with Crippen molar-refractivity contribution in [1.82, 2.24) is 25.2 Å². The quantitative estimate of drug-likeness (QED) is 0.406. The Bertz CT molecular complexity index is 1200. The molecular formula is C28H39Cl2N7O. The zero-order chi connectivity index (χ0) is 24.5. The zero-order valence-corrected chi connectivity index (χ0v) is 23.6. The summed E-state index contributed by atoms with van der Waals surface area (Å²) in [6.07, 6.45) is 11.0. The second kappa shape index (κ2) is 12.6. The van der Waals surface area contributed by atoms with Gasteiger partial charge in [0.15, 0.2) is 0 Å². The first-order valence-corrected chi connectivity index (χ1v) is 13.6. The molecule has 206 valence electrons. The van der Waals surface area contributed by atoms with Gasteiger partial charge in [-0.3, -0.25) is 9.69 Å². The number of rotatable bonds is 5. The van der Waals surface area contributed by atoms with Gasteiger partial charge in [-0.15, -0.1) is 24.8 Å². The smallest absolute Gasteiger partial charge is 0.258 e. The lowest BCUT2D eigenvalue weighted by atomic mass is 9.79. The van der Waals surface area contributed by atoms with Crippen LogP contribution < -0.4 is 15.5 Å². The van der Waals surface area contributed by atoms with Crippen molar-refractivity contribution in [2.45, 2.75) is 44.6 Å². The lowest BCUT2D eigenvalue weighted by molar-refractivity contribution is 0.102. The number of pyridine rings is 2. The second-order valence-corrected chi connectivity index (χ2v) is 10.8. The van der Waals surface area contributed by atoms with Crippen molar-refractivity contribution in [1.29, 1.82) is 0 Å². The first-order chi connectivity index (χ1) is 17.6. The molecule has 3 aromatic rings. The molecule has 3 aliphatic heterocycles. The van der Waals surface area contributed by atoms with E-state index in [2.05, 4.69) is 48.5 Å². The highest BCUT2D eigenvalue weighted by atomic mass is 35.5. The molecule has 0 aliphatic carbocycles. The zero-order valence-electron chi connectivity index (χ0n) is 22.0. The van der Waals surface area contributed by atoms with Gasteiger partial charge in [-0.2, -0.15) is 0 Å². The van der Waals surface area contributed by atoms with Crippen LogP contribution in [0.4, 0.5) is 11.6 Å². The van der Waals surface area contributed by atoms with Crippen LogP contribution in [0.3, 0.4) is 0 Å². The van der Waals surface area contributed by atoms with Crippen LogP contribution in [-0.4, -0.2) is 65.5 Å². The van der Waals surface area contributed by atoms with E-state index in [-0.39, 0.29) is 30.7 Å². The van der Waals surface area contributed by atoms with Gasteiger partial charge >= 0.3 is 0 Å². The van der Waals surface area contributed by atoms with Crippen LogP contribution in [-0.2, 0) is 0 Å². The molecule has 1 atom stereocenters. The summed E-state index contributed by atoms with van der Waals surface area (Å²) in [6, 6.07) is 8.37. The van der Waals surface area contributed by atoms with Gasteiger partial charge < -0.3 is 20.5 Å². The van der Waals surface area contributed by atoms with Crippen molar-refractivity contribution in [2.24, 2.45) is 11.8 Å². The van der Waals surface area contributed by atoms with Crippen LogP contribution in [0, 0.1) is 11.8 Å². The number of H-pyrrole nitrogens is 1. The molecule has 3 fully saturated rings. The third-order valence-corrected chi connectivity index (χ3v) is 8.57. The number of hydrogen-bond acceptors (Lipinski definition) is 6. The number of hydrogen-bond donors (Lipinski definition) is 3. The summed E-state index contributed by atoms with van der Waals surface area (Å²) in [5, 5.41) is 7.49. The fourth-order valence-electron chi connectivity index (χ4n) is 6.41. The maximum atomic E-state index is 12.9. The molecule has 3 saturated heterocycles. The minimum absolute atomic E-state index is 0. The lowest BCUT2D eigenvalue weighted by Gasteiger charge is -2.38. The summed E-state index contributed by atoms with van der Waals surface area (Å²) in [5.41, 5.74) is 2.76. The number of likely N-dealkylation sites (tertiary alicyclic amines) is 1. The molecule has 3 aromatic heterocycles. The van der Waals surface area contributed by atoms with E-state index in [0.717, 1.165) is 48.2 Å². The topological polar surface area (TPSA) is 89.2 Å². The predicted molar refractivity (Wildman–Crippen MR) is 158 cm³/mol. The maximum Gasteiger partial charge on any atom is 0.258 e. The van der Waals surface area contributed by atoms with E-state index in [0.29, 0.717) is 17.4 Å². The highest BCUT2D eigenvalue weighted by Crippen LogP contribution is 2.33. The Kier molecular flexibility index (Phi) is 9.52. The molecular weight excluding hydrogens is 521 g/mol. The molecule has 0 bridgehead atoms. The van der Waals surface area contributed by atoms with Crippen LogP contribution in [0.2, 0.25) is 0 Å². The third kappa shape index (κ3) is 6.09. The highest BCUT2D eigenvalue weighted by molar-refractivity contribution is 6.04. The minimum atomic E-state index is -0.187. The molecule has 8 nitrogen and oxygen atoms in total. The average molecular weight is 561 g/mol. The van der Waals surface area contributed by atoms with Gasteiger partial charge in [0.05, 0.1) is 11.1 Å². The predicted octanol–water partition coefficient (Wildman–Crippen LogP) is 5.04. The molecule has 0 saturated carbocycles. The monoisotopic (exact) mass is 559 g/mol. The molecule has 38 heavy (non-hydrogen) atoms. The van der Waals surface area contributed by atoms with Crippen molar-refractivity contribution in [3.63, 3.8) is 0 Å². The summed E-state index contributed by atoms with van der Waals surface area (Å²) in [7, 11) is 2.17. The summed E-state index contributed by atoms with van der Waals surface area (Å²) >= 11 is 0. The van der Waals surface area contributed by atoms with E-state index in [9.17, 15) is 4.79 Å². The Morgan fingerprint density at radius 2 is 1.71 bits per heavy atom. The third-order valence-electron chi connectivity index (χ3n) is 8.57. The number of anilines is 2. The van der Waals surface area contributed by atoms with Crippen LogP contribution >= 0.6 is 24.8 Å². The van der Waals surface area contributed by atoms with Crippen molar-refractivity contribution in [3.05, 3.63) is 47.9 Å². The number of fused-ring (bicyclic) bond motifs is 1. The highest BCUT2D eigenvalue weighted by Gasteiger charge is 2.28. The van der Waals surface area contributed by atoms with Crippen molar-refractivity contribution < 1.29 is 4.79 Å². The van der Waals surface area contributed by atoms with Crippen LogP contribution in [0.15, 0.2) is 36.7 Å². The fourth-order valence-corrected chi connectivity index (χ4v) is 6.41. The molecule has 0 radical (unpaired) electrons. The number of aromatic amines is 1. The van der Waals surface area contributed by atoms with Gasteiger partial charge in [-0.25, -0.2) is 9.97 Å². The standard InChI is InChI=1S/C28H37N7O.2ClH/c1-34-12-2-3-25(34)24-15-22-18-30-26(16-23(22)32-24)33-28(36)21-4-5-27(31-17-21)35-13-8-20(9-14-35)19-6-10-29-11-7-19;;/h4-5,15-20,25,29,32H,2-3,6-14H2,1H3,(H,30,33,36);2*1H/t25-;;/m1../s1. The number of nitrogens with one attached hydrogen (secondary N) is 3. The molecule has 1 amide bonds. The Hall–Kier alpha value is -2.39. The molecule has 6 heterocycles. The second-order valence-electron chi connectivity index (χ2n) is 10.8. The Morgan fingerprint density at radius 1 is 0.947 bits per heavy atom. The maximum absolute atomic E-state index is 12.9. The van der Waals surface area contributed by atoms with Gasteiger partial charge in [-0.05, 0) is 95.2 Å². The first kappa shape index (κ1) is 28.6. The van der Waals surface area contributed by atoms with Gasteiger partial charge in [0.25, 0.3) is 5.91 Å². The molecule has 10 heteroatoms. The van der Waals surface area contributed by atoms with Gasteiger partial charge in [0, 0.05) is 48.7 Å². The van der Waals surface area contributed by atoms with Gasteiger partial charge in [0.2, 0.25) is 0 Å². The van der Waals surface area contributed by atoms with Crippen molar-refractivity contribution >= 4 is 53.3 Å². The Morgan fingerprint density at radius 3 is 2.39 bits per heavy atom. The van der Waals surface area contributed by atoms with Crippen LogP contribution in [0.1, 0.15) is 60.6 Å². The Labute approximate surface area is 237 Å². The van der Waals surface area contributed by atoms with E-state index in [1.165, 1.54) is 57.3 Å². The summed E-state index contributed by atoms with van der Waals surface area (Å²) in [4.78, 5) is 30.3. The minimum Gasteiger partial charge on any atom is -0.357 e. The number of nitrogens with zero attached hydrogens (tertiary/aromatic N) is 4. The molecule has 3 aliphatic rings. The molecule has 3 N–H and O–H groups in total. The largest absolute Gasteiger partial charge is 0.357 e. The number of carbonyl (C=O) groups is 1. The van der Waals surface area contributed by atoms with Gasteiger partial charge in [-0.1, -0.05) is 0 Å². The van der Waals surface area contributed by atoms with Crippen LogP contribution in [0.25, 0.3) is 10.9 Å². The Balaban J connectivity index is 0.00000168. The summed E-state index contributed by atoms with van der Waals surface area (Å²) < 4.78 is 0. The molecule has 0 unspecified atom stereocenters. The van der Waals surface area contributed by atoms with E-state index in [1.54, 1.807) is 6.20 Å². The fraction of sp³-hybridized carbons (Fsp3) is 0.536. The van der Waals surface area contributed by atoms with Gasteiger partial charge in [0.1, 0.15) is 11.6 Å². The SMILES string of the molecule is CN1CCC[C@@H]1c1cc2cnc(NC(=O)c3ccc(N4CCC(C5CCNCC5)CC4)nc3)cc2[nH]1.Cl.Cl. The summed E-state index contributed by atoms with van der Waals surface area (Å²) in [6.45, 7) is 5.56. The lowest BCUT2D eigenvalue weighted by Crippen LogP contribution is -2.39. The molecule has 0 spiro atoms. The van der Waals surface area contributed by atoms with E-state index in [4.69, 9.17) is 0 Å². The summed E-state index contributed by atoms with van der Waals surface area (Å²) in [5.74, 6) is 3.04. The first-order valence-electron chi connectivity index (χ1n) is 13.6. The normalized spacial score (nSPS) is 21.2. The van der Waals surface area contributed by atoms with E-state index >= 15 is 0 Å². The number of aromatic nitrogens is 3. The number of carbonyl (C=O) groups excluding carboxylic acids is 1. The molecule has 6 rings (SSSR count). The van der Waals surface area contributed by atoms with E-state index < -0.39 is 0 Å². The van der Waals surface area contributed by atoms with Crippen molar-refractivity contribution in [2.75, 3.05) is 50.0 Å².